The minimum absolute atomic E-state index is 0.444. The number of sulfone groups is 1. The fraction of sp³-hybridized carbons (Fsp3) is 0.625. The van der Waals surface area contributed by atoms with Gasteiger partial charge in [-0.1, -0.05) is 25.5 Å². The second-order valence-electron chi connectivity index (χ2n) is 5.83. The highest BCUT2D eigenvalue weighted by molar-refractivity contribution is 7.90. The monoisotopic (exact) mass is 310 g/mol. The van der Waals surface area contributed by atoms with E-state index in [-0.39, 0.29) is 0 Å². The Morgan fingerprint density at radius 3 is 2.71 bits per heavy atom. The number of hydrogen-bond donors (Lipinski definition) is 1. The molecule has 1 aromatic rings. The van der Waals surface area contributed by atoms with Crippen LogP contribution in [0.5, 0.6) is 0 Å². The molecule has 0 bridgehead atoms. The van der Waals surface area contributed by atoms with Crippen LogP contribution < -0.4 is 10.2 Å². The summed E-state index contributed by atoms with van der Waals surface area (Å²) in [6.45, 7) is 5.02. The molecule has 0 saturated carbocycles. The van der Waals surface area contributed by atoms with Gasteiger partial charge in [-0.2, -0.15) is 0 Å². The third-order valence-corrected chi connectivity index (χ3v) is 5.13. The summed E-state index contributed by atoms with van der Waals surface area (Å²) < 4.78 is 24.1. The zero-order valence-electron chi connectivity index (χ0n) is 13.0. The lowest BCUT2D eigenvalue weighted by atomic mass is 10.2. The second-order valence-corrected chi connectivity index (χ2v) is 7.82. The van der Waals surface area contributed by atoms with Crippen molar-refractivity contribution in [3.05, 3.63) is 24.3 Å². The number of unbranched alkanes of at least 4 members (excludes halogenated alkanes) is 1. The largest absolute Gasteiger partial charge is 0.369 e. The number of nitrogens with zero attached hydrogens (tertiary/aromatic N) is 1. The van der Waals surface area contributed by atoms with E-state index in [1.807, 2.05) is 12.1 Å². The van der Waals surface area contributed by atoms with Crippen LogP contribution in [0.25, 0.3) is 0 Å². The van der Waals surface area contributed by atoms with Crippen LogP contribution in [-0.2, 0) is 9.84 Å². The van der Waals surface area contributed by atoms with Crippen LogP contribution in [0.4, 0.5) is 5.69 Å². The van der Waals surface area contributed by atoms with E-state index in [2.05, 4.69) is 17.1 Å². The molecule has 1 saturated heterocycles. The molecule has 1 unspecified atom stereocenters. The summed E-state index contributed by atoms with van der Waals surface area (Å²) >= 11 is 0. The predicted molar refractivity (Wildman–Crippen MR) is 87.7 cm³/mol. The van der Waals surface area contributed by atoms with Gasteiger partial charge in [0.1, 0.15) is 0 Å². The van der Waals surface area contributed by atoms with Gasteiger partial charge in [-0.25, -0.2) is 8.42 Å². The number of para-hydroxylation sites is 1. The van der Waals surface area contributed by atoms with Gasteiger partial charge in [-0.3, -0.25) is 0 Å². The smallest absolute Gasteiger partial charge is 0.177 e. The Bertz CT molecular complexity index is 551. The Hall–Kier alpha value is -1.07. The highest BCUT2D eigenvalue weighted by atomic mass is 32.2. The lowest BCUT2D eigenvalue weighted by Gasteiger charge is -2.29. The van der Waals surface area contributed by atoms with Gasteiger partial charge >= 0.3 is 0 Å². The van der Waals surface area contributed by atoms with Gasteiger partial charge in [0, 0.05) is 25.4 Å². The molecule has 1 N–H and O–H groups in total. The molecule has 1 aliphatic heterocycles. The van der Waals surface area contributed by atoms with Crippen molar-refractivity contribution in [2.24, 2.45) is 0 Å². The van der Waals surface area contributed by atoms with Gasteiger partial charge in [0.15, 0.2) is 9.84 Å². The van der Waals surface area contributed by atoms with Crippen LogP contribution in [0, 0.1) is 0 Å². The summed E-state index contributed by atoms with van der Waals surface area (Å²) in [7, 11) is -3.20. The summed E-state index contributed by atoms with van der Waals surface area (Å²) in [6.07, 6.45) is 5.85. The molecular weight excluding hydrogens is 284 g/mol. The lowest BCUT2D eigenvalue weighted by Crippen LogP contribution is -2.38. The van der Waals surface area contributed by atoms with Crippen molar-refractivity contribution in [3.8, 4) is 0 Å². The molecule has 4 nitrogen and oxygen atoms in total. The van der Waals surface area contributed by atoms with E-state index >= 15 is 0 Å². The summed E-state index contributed by atoms with van der Waals surface area (Å²) in [5.41, 5.74) is 0.849. The van der Waals surface area contributed by atoms with E-state index < -0.39 is 9.84 Å². The van der Waals surface area contributed by atoms with Gasteiger partial charge in [-0.05, 0) is 37.9 Å². The van der Waals surface area contributed by atoms with Crippen LogP contribution >= 0.6 is 0 Å². The van der Waals surface area contributed by atoms with Gasteiger partial charge in [-0.15, -0.1) is 0 Å². The molecule has 21 heavy (non-hydrogen) atoms. The molecule has 2 rings (SSSR count). The van der Waals surface area contributed by atoms with Gasteiger partial charge in [0.25, 0.3) is 0 Å². The number of benzene rings is 1. The van der Waals surface area contributed by atoms with Crippen molar-refractivity contribution < 1.29 is 8.42 Å². The quantitative estimate of drug-likeness (QED) is 0.840. The molecule has 118 valence electrons. The van der Waals surface area contributed by atoms with Crippen LogP contribution in [0.2, 0.25) is 0 Å². The van der Waals surface area contributed by atoms with E-state index in [4.69, 9.17) is 0 Å². The van der Waals surface area contributed by atoms with E-state index in [1.165, 1.54) is 19.1 Å². The third-order valence-electron chi connectivity index (χ3n) is 3.99. The van der Waals surface area contributed by atoms with Gasteiger partial charge < -0.3 is 10.2 Å². The van der Waals surface area contributed by atoms with E-state index in [0.29, 0.717) is 10.9 Å². The molecule has 0 aromatic heterocycles. The molecule has 1 atom stereocenters. The fourth-order valence-electron chi connectivity index (χ4n) is 2.87. The number of hydrogen-bond acceptors (Lipinski definition) is 4. The summed E-state index contributed by atoms with van der Waals surface area (Å²) in [5, 5.41) is 3.50. The first-order valence-electron chi connectivity index (χ1n) is 7.79. The lowest BCUT2D eigenvalue weighted by molar-refractivity contribution is 0.568. The predicted octanol–water partition coefficient (Wildman–Crippen LogP) is 2.45. The Morgan fingerprint density at radius 2 is 2.10 bits per heavy atom. The number of rotatable bonds is 7. The molecule has 5 heteroatoms. The zero-order valence-corrected chi connectivity index (χ0v) is 13.8. The average Bonchev–Trinajstić information content (AvgIpc) is 2.95. The Balaban J connectivity index is 2.27. The topological polar surface area (TPSA) is 49.4 Å². The second kappa shape index (κ2) is 7.27. The van der Waals surface area contributed by atoms with E-state index in [1.54, 1.807) is 12.1 Å². The molecule has 1 aliphatic rings. The Kier molecular flexibility index (Phi) is 5.65. The van der Waals surface area contributed by atoms with Crippen molar-refractivity contribution in [2.45, 2.75) is 43.5 Å². The molecule has 0 spiro atoms. The van der Waals surface area contributed by atoms with E-state index in [9.17, 15) is 8.42 Å². The maximum atomic E-state index is 12.0. The third kappa shape index (κ3) is 4.45. The minimum atomic E-state index is -3.20. The Morgan fingerprint density at radius 1 is 1.33 bits per heavy atom. The zero-order chi connectivity index (χ0) is 15.3. The van der Waals surface area contributed by atoms with Crippen molar-refractivity contribution >= 4 is 15.5 Å². The van der Waals surface area contributed by atoms with Crippen molar-refractivity contribution in [1.29, 1.82) is 0 Å². The Labute approximate surface area is 128 Å². The van der Waals surface area contributed by atoms with Gasteiger partial charge in [0.2, 0.25) is 0 Å². The number of anilines is 1. The normalized spacial score (nSPS) is 18.9. The van der Waals surface area contributed by atoms with Crippen LogP contribution in [0.3, 0.4) is 0 Å². The molecule has 0 amide bonds. The molecule has 0 aliphatic carbocycles. The van der Waals surface area contributed by atoms with Crippen molar-refractivity contribution in [3.63, 3.8) is 0 Å². The first-order chi connectivity index (χ1) is 10.0. The van der Waals surface area contributed by atoms with Crippen LogP contribution in [0.1, 0.15) is 32.6 Å². The van der Waals surface area contributed by atoms with Crippen LogP contribution in [-0.4, -0.2) is 40.3 Å². The SMILES string of the molecule is CCCCN(CC1CCCN1)c1ccccc1S(C)(=O)=O. The summed E-state index contributed by atoms with van der Waals surface area (Å²) in [4.78, 5) is 2.68. The van der Waals surface area contributed by atoms with Gasteiger partial charge in [0.05, 0.1) is 10.6 Å². The summed E-state index contributed by atoms with van der Waals surface area (Å²) in [6, 6.07) is 7.83. The first kappa shape index (κ1) is 16.3. The standard InChI is InChI=1S/C16H26N2O2S/c1-3-4-12-18(13-14-8-7-11-17-14)15-9-5-6-10-16(15)21(2,19)20/h5-6,9-10,14,17H,3-4,7-8,11-13H2,1-2H3. The highest BCUT2D eigenvalue weighted by Gasteiger charge is 2.22. The fourth-order valence-corrected chi connectivity index (χ4v) is 3.77. The minimum Gasteiger partial charge on any atom is -0.369 e. The van der Waals surface area contributed by atoms with Crippen molar-refractivity contribution in [2.75, 3.05) is 30.8 Å². The molecule has 1 heterocycles. The maximum absolute atomic E-state index is 12.0. The van der Waals surface area contributed by atoms with Crippen LogP contribution in [0.15, 0.2) is 29.2 Å². The average molecular weight is 310 g/mol. The molecular formula is C16H26N2O2S. The highest BCUT2D eigenvalue weighted by Crippen LogP contribution is 2.26. The number of nitrogens with one attached hydrogen (secondary N) is 1. The molecule has 1 aromatic carbocycles. The maximum Gasteiger partial charge on any atom is 0.177 e. The first-order valence-corrected chi connectivity index (χ1v) is 9.69. The molecule has 1 fully saturated rings. The molecule has 0 radical (unpaired) electrons. The van der Waals surface area contributed by atoms with E-state index in [0.717, 1.165) is 38.2 Å². The summed E-state index contributed by atoms with van der Waals surface area (Å²) in [5.74, 6) is 0. The van der Waals surface area contributed by atoms with Crippen molar-refractivity contribution in [1.82, 2.24) is 5.32 Å².